The number of hydrogen-bond acceptors (Lipinski definition) is 11. The number of rotatable bonds is 7. The highest BCUT2D eigenvalue weighted by Gasteiger charge is 2.63. The smallest absolute Gasteiger partial charge is 0.410 e. The first-order valence-electron chi connectivity index (χ1n) is 12.7. The summed E-state index contributed by atoms with van der Waals surface area (Å²) < 4.78 is 4.71. The molecular formula is C28H31N3O10. The summed E-state index contributed by atoms with van der Waals surface area (Å²) in [5.41, 5.74) is 1.24. The highest BCUT2D eigenvalue weighted by molar-refractivity contribution is 6.25. The number of aromatic hydroxyl groups is 1. The van der Waals surface area contributed by atoms with Crippen LogP contribution in [0.15, 0.2) is 47.5 Å². The Bertz CT molecular complexity index is 1460. The van der Waals surface area contributed by atoms with E-state index in [-0.39, 0.29) is 41.6 Å². The molecule has 0 spiro atoms. The molecule has 1 aromatic rings. The summed E-state index contributed by atoms with van der Waals surface area (Å²) >= 11 is 0. The molecule has 0 aromatic heterocycles. The predicted octanol–water partition coefficient (Wildman–Crippen LogP) is 0.558. The fraction of sp³-hybridized carbons (Fsp3) is 0.393. The SMILES string of the molecule is C=CCN(CC(=O)c1ccc(O)c2c1C[C@H]1C[C@H]3[C@H](N(C)C)C(O)=C(C(N)=O)C(=O)[C@@]3(O)C(O)=C1C2=O)C(=O)OC. The first kappa shape index (κ1) is 29.5. The van der Waals surface area contributed by atoms with Gasteiger partial charge in [-0.2, -0.15) is 0 Å². The predicted molar refractivity (Wildman–Crippen MR) is 142 cm³/mol. The van der Waals surface area contributed by atoms with Crippen LogP contribution in [0.3, 0.4) is 0 Å². The quantitative estimate of drug-likeness (QED) is 0.174. The Kier molecular flexibility index (Phi) is 7.54. The molecule has 218 valence electrons. The molecule has 0 unspecified atom stereocenters. The van der Waals surface area contributed by atoms with Crippen LogP contribution in [0.25, 0.3) is 0 Å². The number of carbonyl (C=O) groups excluding carboxylic acids is 5. The molecule has 6 N–H and O–H groups in total. The summed E-state index contributed by atoms with van der Waals surface area (Å²) in [6, 6.07) is 1.30. The van der Waals surface area contributed by atoms with Gasteiger partial charge in [0.15, 0.2) is 17.2 Å². The number of aliphatic hydroxyl groups is 3. The van der Waals surface area contributed by atoms with Gasteiger partial charge in [-0.25, -0.2) is 4.79 Å². The molecule has 13 heteroatoms. The van der Waals surface area contributed by atoms with E-state index in [2.05, 4.69) is 6.58 Å². The normalized spacial score (nSPS) is 25.3. The molecule has 0 radical (unpaired) electrons. The van der Waals surface area contributed by atoms with Crippen LogP contribution in [0.2, 0.25) is 0 Å². The number of aliphatic hydroxyl groups excluding tert-OH is 2. The lowest BCUT2D eigenvalue weighted by atomic mass is 9.58. The van der Waals surface area contributed by atoms with Gasteiger partial charge in [0.1, 0.15) is 22.8 Å². The maximum Gasteiger partial charge on any atom is 0.410 e. The van der Waals surface area contributed by atoms with E-state index < -0.39 is 82.2 Å². The van der Waals surface area contributed by atoms with Crippen molar-refractivity contribution in [3.05, 3.63) is 64.1 Å². The summed E-state index contributed by atoms with van der Waals surface area (Å²) in [6.07, 6.45) is 0.440. The summed E-state index contributed by atoms with van der Waals surface area (Å²) in [5, 5.41) is 44.5. The van der Waals surface area contributed by atoms with Crippen molar-refractivity contribution in [2.75, 3.05) is 34.3 Å². The van der Waals surface area contributed by atoms with E-state index in [1.807, 2.05) is 0 Å². The van der Waals surface area contributed by atoms with Gasteiger partial charge in [0.2, 0.25) is 5.78 Å². The molecule has 3 aliphatic carbocycles. The number of ketones is 3. The molecule has 0 saturated heterocycles. The molecule has 41 heavy (non-hydrogen) atoms. The third-order valence-electron chi connectivity index (χ3n) is 8.02. The minimum Gasteiger partial charge on any atom is -0.510 e. The van der Waals surface area contributed by atoms with Gasteiger partial charge in [0.05, 0.1) is 25.3 Å². The third-order valence-corrected chi connectivity index (χ3v) is 8.02. The van der Waals surface area contributed by atoms with Gasteiger partial charge in [0.25, 0.3) is 5.91 Å². The van der Waals surface area contributed by atoms with E-state index >= 15 is 0 Å². The second-order valence-electron chi connectivity index (χ2n) is 10.5. The largest absolute Gasteiger partial charge is 0.510 e. The number of Topliss-reactive ketones (excluding diaryl/α,β-unsaturated/α-hetero) is 3. The fourth-order valence-electron chi connectivity index (χ4n) is 6.26. The lowest BCUT2D eigenvalue weighted by molar-refractivity contribution is -0.148. The average Bonchev–Trinajstić information content (AvgIpc) is 2.89. The first-order chi connectivity index (χ1) is 19.2. The number of carbonyl (C=O) groups is 5. The van der Waals surface area contributed by atoms with Crippen LogP contribution in [0.1, 0.15) is 32.7 Å². The number of primary amides is 1. The molecule has 0 bridgehead atoms. The average molecular weight is 570 g/mol. The summed E-state index contributed by atoms with van der Waals surface area (Å²) in [4.78, 5) is 67.2. The van der Waals surface area contributed by atoms with Crippen molar-refractivity contribution in [3.63, 3.8) is 0 Å². The monoisotopic (exact) mass is 569 g/mol. The van der Waals surface area contributed by atoms with Crippen LogP contribution in [-0.2, 0) is 20.7 Å². The molecule has 13 nitrogen and oxygen atoms in total. The number of allylic oxidation sites excluding steroid dienone is 1. The lowest BCUT2D eigenvalue weighted by Crippen LogP contribution is -2.63. The van der Waals surface area contributed by atoms with Crippen LogP contribution >= 0.6 is 0 Å². The molecule has 0 aliphatic heterocycles. The second kappa shape index (κ2) is 10.5. The second-order valence-corrected chi connectivity index (χ2v) is 10.5. The molecule has 4 atom stereocenters. The number of nitrogens with two attached hydrogens (primary N) is 1. The zero-order valence-electron chi connectivity index (χ0n) is 22.7. The van der Waals surface area contributed by atoms with E-state index in [1.54, 1.807) is 0 Å². The number of fused-ring (bicyclic) bond motifs is 3. The van der Waals surface area contributed by atoms with Crippen molar-refractivity contribution >= 4 is 29.4 Å². The number of phenols is 1. The van der Waals surface area contributed by atoms with Crippen LogP contribution in [0, 0.1) is 11.8 Å². The Labute approximate surface area is 234 Å². The Morgan fingerprint density at radius 2 is 1.85 bits per heavy atom. The maximum atomic E-state index is 13.8. The fourth-order valence-corrected chi connectivity index (χ4v) is 6.26. The third kappa shape index (κ3) is 4.37. The highest BCUT2D eigenvalue weighted by Crippen LogP contribution is 2.52. The minimum atomic E-state index is -2.76. The van der Waals surface area contributed by atoms with Gasteiger partial charge in [-0.05, 0) is 50.6 Å². The number of nitrogens with zero attached hydrogens (tertiary/aromatic N) is 2. The van der Waals surface area contributed by atoms with Gasteiger partial charge >= 0.3 is 6.09 Å². The highest BCUT2D eigenvalue weighted by atomic mass is 16.5. The van der Waals surface area contributed by atoms with Gasteiger partial charge in [-0.1, -0.05) is 6.08 Å². The number of phenolic OH excluding ortho intramolecular Hbond substituents is 1. The molecule has 2 amide bonds. The number of amides is 2. The van der Waals surface area contributed by atoms with Crippen LogP contribution < -0.4 is 5.73 Å². The van der Waals surface area contributed by atoms with Gasteiger partial charge < -0.3 is 30.9 Å². The van der Waals surface area contributed by atoms with E-state index in [4.69, 9.17) is 10.5 Å². The molecule has 0 fully saturated rings. The van der Waals surface area contributed by atoms with E-state index in [1.165, 1.54) is 31.1 Å². The summed E-state index contributed by atoms with van der Waals surface area (Å²) in [5.74, 6) is -8.37. The zero-order chi connectivity index (χ0) is 30.5. The summed E-state index contributed by atoms with van der Waals surface area (Å²) in [6.45, 7) is 3.15. The van der Waals surface area contributed by atoms with Crippen LogP contribution in [-0.4, -0.2) is 106 Å². The molecule has 0 heterocycles. The van der Waals surface area contributed by atoms with E-state index in [9.17, 15) is 44.4 Å². The zero-order valence-corrected chi connectivity index (χ0v) is 22.7. The van der Waals surface area contributed by atoms with Crippen molar-refractivity contribution in [1.82, 2.24) is 9.80 Å². The topological polar surface area (TPSA) is 208 Å². The van der Waals surface area contributed by atoms with Crippen molar-refractivity contribution in [3.8, 4) is 5.75 Å². The Hall–Kier alpha value is -4.49. The Balaban J connectivity index is 1.86. The molecule has 0 saturated carbocycles. The number of methoxy groups -OCH3 is 1. The summed E-state index contributed by atoms with van der Waals surface area (Å²) in [7, 11) is 4.21. The first-order valence-corrected chi connectivity index (χ1v) is 12.7. The Morgan fingerprint density at radius 3 is 2.41 bits per heavy atom. The van der Waals surface area contributed by atoms with Crippen molar-refractivity contribution in [2.45, 2.75) is 24.5 Å². The molecular weight excluding hydrogens is 538 g/mol. The van der Waals surface area contributed by atoms with Gasteiger partial charge in [-0.15, -0.1) is 6.58 Å². The number of ether oxygens (including phenoxy) is 1. The van der Waals surface area contributed by atoms with Crippen molar-refractivity contribution < 1.29 is 49.1 Å². The van der Waals surface area contributed by atoms with E-state index in [0.717, 1.165) is 18.1 Å². The minimum absolute atomic E-state index is 0.00547. The molecule has 1 aromatic carbocycles. The van der Waals surface area contributed by atoms with Crippen LogP contribution in [0.4, 0.5) is 4.79 Å². The molecule has 4 rings (SSSR count). The van der Waals surface area contributed by atoms with E-state index in [0.29, 0.717) is 0 Å². The molecule has 3 aliphatic rings. The standard InChI is InChI=1S/C28H31N3O10/c1-5-8-31(27(39)41-4)11-17(33)13-6-7-16(32)19-14(13)9-12-10-15-21(30(2)3)23(35)20(26(29)38)25(37)28(15,40)24(36)18(12)22(19)34/h5-7,12,15,21,32,35-36,40H,1,8-11H2,2-4H3,(H2,29,38)/t12-,15-,21-,28-/m0/s1. The Morgan fingerprint density at radius 1 is 1.20 bits per heavy atom. The maximum absolute atomic E-state index is 13.8. The van der Waals surface area contributed by atoms with Gasteiger partial charge in [0, 0.05) is 23.6 Å². The number of hydrogen-bond donors (Lipinski definition) is 5. The van der Waals surface area contributed by atoms with Crippen molar-refractivity contribution in [2.24, 2.45) is 17.6 Å². The number of likely N-dealkylation sites (N-methyl/N-ethyl adjacent to an activating group) is 1. The van der Waals surface area contributed by atoms with Gasteiger partial charge in [-0.3, -0.25) is 29.0 Å². The lowest BCUT2D eigenvalue weighted by Gasteiger charge is -2.50. The van der Waals surface area contributed by atoms with Crippen LogP contribution in [0.5, 0.6) is 5.75 Å². The van der Waals surface area contributed by atoms with Crippen molar-refractivity contribution in [1.29, 1.82) is 0 Å². The number of benzene rings is 1.